The van der Waals surface area contributed by atoms with Gasteiger partial charge < -0.3 is 14.5 Å². The molecule has 0 radical (unpaired) electrons. The fourth-order valence-electron chi connectivity index (χ4n) is 4.01. The molecular formula is C22H26N4O4. The van der Waals surface area contributed by atoms with Crippen molar-refractivity contribution in [2.45, 2.75) is 6.54 Å². The van der Waals surface area contributed by atoms with Crippen LogP contribution in [0.2, 0.25) is 0 Å². The van der Waals surface area contributed by atoms with Crippen LogP contribution in [0, 0.1) is 10.1 Å². The number of morpholine rings is 1. The van der Waals surface area contributed by atoms with Crippen LogP contribution in [0.5, 0.6) is 0 Å². The zero-order chi connectivity index (χ0) is 20.9. The summed E-state index contributed by atoms with van der Waals surface area (Å²) in [6.45, 7) is 6.15. The summed E-state index contributed by atoms with van der Waals surface area (Å²) in [5.41, 5.74) is 2.35. The number of hydrogen-bond donors (Lipinski definition) is 0. The Balaban J connectivity index is 1.48. The molecule has 30 heavy (non-hydrogen) atoms. The summed E-state index contributed by atoms with van der Waals surface area (Å²) < 4.78 is 5.41. The second-order valence-electron chi connectivity index (χ2n) is 7.61. The summed E-state index contributed by atoms with van der Waals surface area (Å²) in [6.07, 6.45) is 0. The predicted molar refractivity (Wildman–Crippen MR) is 114 cm³/mol. The van der Waals surface area contributed by atoms with Crippen molar-refractivity contribution in [1.29, 1.82) is 0 Å². The maximum absolute atomic E-state index is 13.3. The molecule has 2 aromatic rings. The smallest absolute Gasteiger partial charge is 0.270 e. The summed E-state index contributed by atoms with van der Waals surface area (Å²) >= 11 is 0. The van der Waals surface area contributed by atoms with E-state index < -0.39 is 4.92 Å². The number of nitro groups is 1. The zero-order valence-electron chi connectivity index (χ0n) is 16.9. The minimum Gasteiger partial charge on any atom is -0.378 e. The summed E-state index contributed by atoms with van der Waals surface area (Å²) in [5, 5.41) is 11.3. The topological polar surface area (TPSA) is 79.2 Å². The first-order chi connectivity index (χ1) is 14.6. The lowest BCUT2D eigenvalue weighted by molar-refractivity contribution is -0.384. The molecule has 0 aromatic heterocycles. The van der Waals surface area contributed by atoms with E-state index in [2.05, 4.69) is 21.9 Å². The van der Waals surface area contributed by atoms with E-state index in [1.54, 1.807) is 6.07 Å². The SMILES string of the molecule is O=C(c1cc([N+](=O)[O-])ccc1N1CCOCC1)N1CCN(Cc2ccccc2)CC1. The van der Waals surface area contributed by atoms with Gasteiger partial charge in [0.2, 0.25) is 0 Å². The molecule has 0 spiro atoms. The van der Waals surface area contributed by atoms with Crippen LogP contribution in [0.15, 0.2) is 48.5 Å². The average molecular weight is 410 g/mol. The molecular weight excluding hydrogens is 384 g/mol. The Kier molecular flexibility index (Phi) is 6.25. The number of carbonyl (C=O) groups excluding carboxylic acids is 1. The van der Waals surface area contributed by atoms with Gasteiger partial charge in [-0.3, -0.25) is 19.8 Å². The lowest BCUT2D eigenvalue weighted by atomic mass is 10.1. The van der Waals surface area contributed by atoms with Crippen LogP contribution in [0.4, 0.5) is 11.4 Å². The largest absolute Gasteiger partial charge is 0.378 e. The van der Waals surface area contributed by atoms with Crippen LogP contribution in [0.1, 0.15) is 15.9 Å². The van der Waals surface area contributed by atoms with Gasteiger partial charge in [0.05, 0.1) is 29.4 Å². The highest BCUT2D eigenvalue weighted by Crippen LogP contribution is 2.28. The maximum Gasteiger partial charge on any atom is 0.270 e. The first-order valence-electron chi connectivity index (χ1n) is 10.3. The number of anilines is 1. The second kappa shape index (κ2) is 9.23. The highest BCUT2D eigenvalue weighted by molar-refractivity contribution is 6.00. The molecule has 2 aliphatic rings. The summed E-state index contributed by atoms with van der Waals surface area (Å²) in [7, 11) is 0. The van der Waals surface area contributed by atoms with Gasteiger partial charge in [-0.25, -0.2) is 0 Å². The quantitative estimate of drug-likeness (QED) is 0.556. The Labute approximate surface area is 175 Å². The molecule has 2 fully saturated rings. The molecule has 1 amide bonds. The third-order valence-corrected chi connectivity index (χ3v) is 5.68. The van der Waals surface area contributed by atoms with Crippen molar-refractivity contribution in [3.8, 4) is 0 Å². The van der Waals surface area contributed by atoms with Crippen molar-refractivity contribution < 1.29 is 14.5 Å². The van der Waals surface area contributed by atoms with Gasteiger partial charge in [0.1, 0.15) is 0 Å². The van der Waals surface area contributed by atoms with E-state index in [-0.39, 0.29) is 11.6 Å². The number of carbonyl (C=O) groups is 1. The Bertz CT molecular complexity index is 891. The van der Waals surface area contributed by atoms with E-state index in [9.17, 15) is 14.9 Å². The first-order valence-corrected chi connectivity index (χ1v) is 10.3. The number of nitrogens with zero attached hydrogens (tertiary/aromatic N) is 4. The van der Waals surface area contributed by atoms with Crippen LogP contribution in [0.3, 0.4) is 0 Å². The number of rotatable bonds is 5. The molecule has 0 N–H and O–H groups in total. The molecule has 0 aliphatic carbocycles. The number of benzene rings is 2. The van der Waals surface area contributed by atoms with Crippen LogP contribution in [0.25, 0.3) is 0 Å². The van der Waals surface area contributed by atoms with Crippen LogP contribution in [-0.4, -0.2) is 73.1 Å². The van der Waals surface area contributed by atoms with Gasteiger partial charge >= 0.3 is 0 Å². The Morgan fingerprint density at radius 1 is 0.967 bits per heavy atom. The lowest BCUT2D eigenvalue weighted by Crippen LogP contribution is -2.48. The third kappa shape index (κ3) is 4.60. The van der Waals surface area contributed by atoms with Gasteiger partial charge in [0.25, 0.3) is 11.6 Å². The summed E-state index contributed by atoms with van der Waals surface area (Å²) in [5.74, 6) is -0.139. The Morgan fingerprint density at radius 2 is 1.67 bits per heavy atom. The van der Waals surface area contributed by atoms with Crippen LogP contribution < -0.4 is 4.90 Å². The van der Waals surface area contributed by atoms with Crippen molar-refractivity contribution in [2.75, 3.05) is 57.4 Å². The van der Waals surface area contributed by atoms with Gasteiger partial charge in [0.15, 0.2) is 0 Å². The molecule has 2 aromatic carbocycles. The maximum atomic E-state index is 13.3. The van der Waals surface area contributed by atoms with Crippen molar-refractivity contribution in [1.82, 2.24) is 9.80 Å². The van der Waals surface area contributed by atoms with Crippen LogP contribution >= 0.6 is 0 Å². The standard InChI is InChI=1S/C22H26N4O4/c27-22(25-10-8-23(9-11-25)17-18-4-2-1-3-5-18)20-16-19(26(28)29)6-7-21(20)24-12-14-30-15-13-24/h1-7,16H,8-15,17H2. The molecule has 2 heterocycles. The first kappa shape index (κ1) is 20.3. The van der Waals surface area contributed by atoms with E-state index in [0.29, 0.717) is 45.0 Å². The van der Waals surface area contributed by atoms with Gasteiger partial charge in [-0.05, 0) is 11.6 Å². The molecule has 2 aliphatic heterocycles. The highest BCUT2D eigenvalue weighted by Gasteiger charge is 2.27. The predicted octanol–water partition coefficient (Wildman–Crippen LogP) is 2.39. The van der Waals surface area contributed by atoms with E-state index in [1.165, 1.54) is 17.7 Å². The number of non-ortho nitro benzene ring substituents is 1. The van der Waals surface area contributed by atoms with Gasteiger partial charge in [0, 0.05) is 57.9 Å². The summed E-state index contributed by atoms with van der Waals surface area (Å²) in [6, 6.07) is 14.9. The molecule has 2 saturated heterocycles. The Hall–Kier alpha value is -2.97. The minimum atomic E-state index is -0.447. The number of amides is 1. The molecule has 0 bridgehead atoms. The number of ether oxygens (including phenoxy) is 1. The van der Waals surface area contributed by atoms with Crippen molar-refractivity contribution >= 4 is 17.3 Å². The molecule has 0 saturated carbocycles. The fraction of sp³-hybridized carbons (Fsp3) is 0.409. The second-order valence-corrected chi connectivity index (χ2v) is 7.61. The van der Waals surface area contributed by atoms with Gasteiger partial charge in [-0.1, -0.05) is 30.3 Å². The van der Waals surface area contributed by atoms with Crippen LogP contribution in [-0.2, 0) is 11.3 Å². The molecule has 158 valence electrons. The molecule has 8 heteroatoms. The van der Waals surface area contributed by atoms with E-state index in [1.807, 2.05) is 23.1 Å². The molecule has 8 nitrogen and oxygen atoms in total. The highest BCUT2D eigenvalue weighted by atomic mass is 16.6. The normalized spacial score (nSPS) is 17.7. The number of piperazine rings is 1. The number of nitro benzene ring substituents is 1. The zero-order valence-corrected chi connectivity index (χ0v) is 16.9. The van der Waals surface area contributed by atoms with Crippen molar-refractivity contribution in [3.63, 3.8) is 0 Å². The van der Waals surface area contributed by atoms with Gasteiger partial charge in [-0.15, -0.1) is 0 Å². The number of hydrogen-bond acceptors (Lipinski definition) is 6. The molecule has 0 atom stereocenters. The summed E-state index contributed by atoms with van der Waals surface area (Å²) in [4.78, 5) is 30.4. The monoisotopic (exact) mass is 410 g/mol. The molecule has 4 rings (SSSR count). The van der Waals surface area contributed by atoms with Crippen molar-refractivity contribution in [3.05, 3.63) is 69.8 Å². The fourth-order valence-corrected chi connectivity index (χ4v) is 4.01. The molecule has 0 unspecified atom stereocenters. The van der Waals surface area contributed by atoms with Crippen molar-refractivity contribution in [2.24, 2.45) is 0 Å². The third-order valence-electron chi connectivity index (χ3n) is 5.68. The Morgan fingerprint density at radius 3 is 2.33 bits per heavy atom. The average Bonchev–Trinajstić information content (AvgIpc) is 2.80. The van der Waals surface area contributed by atoms with E-state index >= 15 is 0 Å². The van der Waals surface area contributed by atoms with Gasteiger partial charge in [-0.2, -0.15) is 0 Å². The van der Waals surface area contributed by atoms with E-state index in [4.69, 9.17) is 4.74 Å². The minimum absolute atomic E-state index is 0.0573. The lowest BCUT2D eigenvalue weighted by Gasteiger charge is -2.36. The van der Waals surface area contributed by atoms with E-state index in [0.717, 1.165) is 25.3 Å².